The molecule has 1 aliphatic rings. The van der Waals surface area contributed by atoms with Gasteiger partial charge in [0, 0.05) is 19.6 Å². The lowest BCUT2D eigenvalue weighted by atomic mass is 10.2. The van der Waals surface area contributed by atoms with E-state index in [4.69, 9.17) is 4.52 Å². The van der Waals surface area contributed by atoms with E-state index in [1.807, 2.05) is 6.92 Å². The number of aromatic nitrogens is 2. The quantitative estimate of drug-likeness (QED) is 0.901. The molecule has 3 rings (SSSR count). The van der Waals surface area contributed by atoms with Crippen LogP contribution in [0.2, 0.25) is 0 Å². The highest BCUT2D eigenvalue weighted by atomic mass is 32.2. The average Bonchev–Trinajstić information content (AvgIpc) is 2.70. The summed E-state index contributed by atoms with van der Waals surface area (Å²) in [6, 6.07) is 1.62. The molecule has 2 aromatic heterocycles. The molecule has 0 aromatic carbocycles. The van der Waals surface area contributed by atoms with Gasteiger partial charge in [-0.1, -0.05) is 12.1 Å². The fourth-order valence-electron chi connectivity index (χ4n) is 2.47. The maximum absolute atomic E-state index is 12.7. The Hall–Kier alpha value is -1.51. The second kappa shape index (κ2) is 5.70. The van der Waals surface area contributed by atoms with Crippen LogP contribution in [-0.2, 0) is 16.4 Å². The Kier molecular flexibility index (Phi) is 3.92. The predicted molar refractivity (Wildman–Crippen MR) is 77.4 cm³/mol. The third kappa shape index (κ3) is 2.66. The molecule has 8 heteroatoms. The van der Waals surface area contributed by atoms with Crippen molar-refractivity contribution in [2.24, 2.45) is 0 Å². The molecule has 0 aliphatic carbocycles. The first-order valence-corrected chi connectivity index (χ1v) is 8.52. The maximum Gasteiger partial charge on any atom is 0.258 e. The summed E-state index contributed by atoms with van der Waals surface area (Å²) in [7, 11) is -3.52. The van der Waals surface area contributed by atoms with E-state index in [-0.39, 0.29) is 4.90 Å². The van der Waals surface area contributed by atoms with Crippen LogP contribution in [-0.4, -0.2) is 49.0 Å². The highest BCUT2D eigenvalue weighted by Gasteiger charge is 2.26. The Labute approximate surface area is 123 Å². The Bertz CT molecular complexity index is 733. The number of hydrogen-bond donors (Lipinski definition) is 1. The monoisotopic (exact) mass is 310 g/mol. The summed E-state index contributed by atoms with van der Waals surface area (Å²) in [5, 5.41) is 7.78. The van der Waals surface area contributed by atoms with Crippen molar-refractivity contribution in [1.82, 2.24) is 19.8 Å². The van der Waals surface area contributed by atoms with Gasteiger partial charge in [0.25, 0.3) is 5.71 Å². The lowest BCUT2D eigenvalue weighted by Crippen LogP contribution is -2.34. The van der Waals surface area contributed by atoms with E-state index in [1.165, 1.54) is 10.5 Å². The van der Waals surface area contributed by atoms with Crippen molar-refractivity contribution >= 4 is 21.1 Å². The normalized spacial score (nSPS) is 18.0. The van der Waals surface area contributed by atoms with Crippen LogP contribution in [0.4, 0.5) is 0 Å². The van der Waals surface area contributed by atoms with Crippen molar-refractivity contribution in [2.45, 2.75) is 24.7 Å². The Balaban J connectivity index is 2.01. The number of hydrogen-bond acceptors (Lipinski definition) is 6. The first-order chi connectivity index (χ1) is 10.1. The highest BCUT2D eigenvalue weighted by molar-refractivity contribution is 7.89. The van der Waals surface area contributed by atoms with Crippen molar-refractivity contribution in [3.05, 3.63) is 18.0 Å². The van der Waals surface area contributed by atoms with Crippen molar-refractivity contribution in [3.63, 3.8) is 0 Å². The number of aryl methyl sites for hydroxylation is 1. The molecule has 114 valence electrons. The third-order valence-electron chi connectivity index (χ3n) is 3.65. The smallest absolute Gasteiger partial charge is 0.258 e. The molecule has 1 saturated heterocycles. The van der Waals surface area contributed by atoms with Gasteiger partial charge in [0.2, 0.25) is 10.0 Å². The predicted octanol–water partition coefficient (Wildman–Crippen LogP) is 0.769. The van der Waals surface area contributed by atoms with Crippen molar-refractivity contribution in [2.75, 3.05) is 26.2 Å². The van der Waals surface area contributed by atoms with Crippen LogP contribution in [0.1, 0.15) is 19.0 Å². The Morgan fingerprint density at radius 1 is 1.38 bits per heavy atom. The van der Waals surface area contributed by atoms with Crippen molar-refractivity contribution in [3.8, 4) is 0 Å². The summed E-state index contributed by atoms with van der Waals surface area (Å²) in [6.45, 7) is 4.46. The van der Waals surface area contributed by atoms with Crippen LogP contribution in [0.3, 0.4) is 0 Å². The molecule has 3 heterocycles. The lowest BCUT2D eigenvalue weighted by molar-refractivity contribution is 0.431. The second-order valence-electron chi connectivity index (χ2n) is 5.01. The van der Waals surface area contributed by atoms with Gasteiger partial charge in [0.1, 0.15) is 4.90 Å². The van der Waals surface area contributed by atoms with Crippen LogP contribution >= 0.6 is 0 Å². The molecule has 0 bridgehead atoms. The molecule has 0 unspecified atom stereocenters. The molecular weight excluding hydrogens is 292 g/mol. The summed E-state index contributed by atoms with van der Waals surface area (Å²) in [5.74, 6) is 0. The molecule has 7 nitrogen and oxygen atoms in total. The van der Waals surface area contributed by atoms with Crippen LogP contribution in [0.15, 0.2) is 21.7 Å². The SMILES string of the molecule is CCc1noc2ncc(S(=O)(=O)N3CCCNCC3)cc12. The van der Waals surface area contributed by atoms with Gasteiger partial charge < -0.3 is 9.84 Å². The van der Waals surface area contributed by atoms with Gasteiger partial charge in [-0.05, 0) is 25.5 Å². The summed E-state index contributed by atoms with van der Waals surface area (Å²) in [5.41, 5.74) is 1.11. The van der Waals surface area contributed by atoms with Crippen molar-refractivity contribution < 1.29 is 12.9 Å². The van der Waals surface area contributed by atoms with Crippen LogP contribution in [0, 0.1) is 0 Å². The molecule has 0 atom stereocenters. The first kappa shape index (κ1) is 14.4. The van der Waals surface area contributed by atoms with Gasteiger partial charge in [-0.2, -0.15) is 4.31 Å². The van der Waals surface area contributed by atoms with E-state index in [0.717, 1.165) is 18.7 Å². The average molecular weight is 310 g/mol. The van der Waals surface area contributed by atoms with Crippen LogP contribution in [0.25, 0.3) is 11.1 Å². The van der Waals surface area contributed by atoms with Gasteiger partial charge in [0.15, 0.2) is 0 Å². The van der Waals surface area contributed by atoms with E-state index in [1.54, 1.807) is 6.07 Å². The standard InChI is InChI=1S/C13H18N4O3S/c1-2-12-11-8-10(9-15-13(11)20-16-12)21(18,19)17-6-3-4-14-5-7-17/h8-9,14H,2-7H2,1H3. The number of sulfonamides is 1. The zero-order valence-corrected chi connectivity index (χ0v) is 12.7. The molecule has 0 spiro atoms. The van der Waals surface area contributed by atoms with Gasteiger partial charge >= 0.3 is 0 Å². The third-order valence-corrected chi connectivity index (χ3v) is 5.51. The van der Waals surface area contributed by atoms with Gasteiger partial charge in [-0.25, -0.2) is 13.4 Å². The minimum absolute atomic E-state index is 0.204. The number of nitrogens with zero attached hydrogens (tertiary/aromatic N) is 3. The molecule has 1 aliphatic heterocycles. The minimum Gasteiger partial charge on any atom is -0.336 e. The van der Waals surface area contributed by atoms with E-state index >= 15 is 0 Å². The zero-order chi connectivity index (χ0) is 14.9. The number of nitrogens with one attached hydrogen (secondary N) is 1. The summed E-state index contributed by atoms with van der Waals surface area (Å²) >= 11 is 0. The van der Waals surface area contributed by atoms with Gasteiger partial charge in [-0.3, -0.25) is 0 Å². The Morgan fingerprint density at radius 3 is 3.05 bits per heavy atom. The topological polar surface area (TPSA) is 88.3 Å². The number of rotatable bonds is 3. The maximum atomic E-state index is 12.7. The van der Waals surface area contributed by atoms with E-state index < -0.39 is 10.0 Å². The lowest BCUT2D eigenvalue weighted by Gasteiger charge is -2.19. The second-order valence-corrected chi connectivity index (χ2v) is 6.95. The van der Waals surface area contributed by atoms with Gasteiger partial charge in [0.05, 0.1) is 17.3 Å². The van der Waals surface area contributed by atoms with E-state index in [0.29, 0.717) is 37.2 Å². The fourth-order valence-corrected chi connectivity index (χ4v) is 3.92. The molecule has 2 aromatic rings. The summed E-state index contributed by atoms with van der Waals surface area (Å²) < 4.78 is 32.0. The Morgan fingerprint density at radius 2 is 2.24 bits per heavy atom. The van der Waals surface area contributed by atoms with Crippen molar-refractivity contribution in [1.29, 1.82) is 0 Å². The molecule has 0 amide bonds. The minimum atomic E-state index is -3.52. The van der Waals surface area contributed by atoms with E-state index in [9.17, 15) is 8.42 Å². The number of pyridine rings is 1. The molecule has 0 radical (unpaired) electrons. The highest BCUT2D eigenvalue weighted by Crippen LogP contribution is 2.23. The molecule has 1 fully saturated rings. The molecule has 1 N–H and O–H groups in total. The fraction of sp³-hybridized carbons (Fsp3) is 0.538. The first-order valence-electron chi connectivity index (χ1n) is 7.08. The molecule has 0 saturated carbocycles. The van der Waals surface area contributed by atoms with Gasteiger partial charge in [-0.15, -0.1) is 0 Å². The molecular formula is C13H18N4O3S. The van der Waals surface area contributed by atoms with Crippen LogP contribution < -0.4 is 5.32 Å². The van der Waals surface area contributed by atoms with E-state index in [2.05, 4.69) is 15.5 Å². The zero-order valence-electron chi connectivity index (χ0n) is 11.9. The molecule has 21 heavy (non-hydrogen) atoms. The van der Waals surface area contributed by atoms with Crippen LogP contribution in [0.5, 0.6) is 0 Å². The number of fused-ring (bicyclic) bond motifs is 1. The largest absolute Gasteiger partial charge is 0.336 e. The summed E-state index contributed by atoms with van der Waals surface area (Å²) in [4.78, 5) is 4.29. The summed E-state index contributed by atoms with van der Waals surface area (Å²) in [6.07, 6.45) is 2.83.